The highest BCUT2D eigenvalue weighted by molar-refractivity contribution is 8.18. The first-order valence-corrected chi connectivity index (χ1v) is 11.1. The van der Waals surface area contributed by atoms with Crippen LogP contribution in [-0.2, 0) is 16.0 Å². The second kappa shape index (κ2) is 10.1. The Morgan fingerprint density at radius 2 is 1.62 bits per heavy atom. The summed E-state index contributed by atoms with van der Waals surface area (Å²) in [6, 6.07) is 25.9. The molecular weight excluding hydrogens is 420 g/mol. The first kappa shape index (κ1) is 21.6. The fourth-order valence-corrected chi connectivity index (χ4v) is 4.17. The van der Waals surface area contributed by atoms with Gasteiger partial charge in [-0.25, -0.2) is 4.99 Å². The summed E-state index contributed by atoms with van der Waals surface area (Å²) in [7, 11) is 0. The van der Waals surface area contributed by atoms with E-state index in [0.29, 0.717) is 22.9 Å². The number of hydrogen-bond acceptors (Lipinski definition) is 4. The molecule has 1 aliphatic rings. The third kappa shape index (κ3) is 5.74. The lowest BCUT2D eigenvalue weighted by Gasteiger charge is -2.02. The van der Waals surface area contributed by atoms with Crippen LogP contribution in [0.25, 0.3) is 17.2 Å². The zero-order chi connectivity index (χ0) is 22.3. The van der Waals surface area contributed by atoms with Crippen molar-refractivity contribution < 1.29 is 14.7 Å². The molecule has 3 aromatic carbocycles. The molecule has 1 amide bonds. The number of carbonyl (C=O) groups is 2. The van der Waals surface area contributed by atoms with E-state index in [9.17, 15) is 9.59 Å². The van der Waals surface area contributed by atoms with Gasteiger partial charge in [0.15, 0.2) is 5.17 Å². The molecule has 5 nitrogen and oxygen atoms in total. The van der Waals surface area contributed by atoms with Crippen molar-refractivity contribution in [3.05, 3.63) is 94.9 Å². The molecule has 0 aliphatic carbocycles. The highest BCUT2D eigenvalue weighted by Crippen LogP contribution is 2.29. The van der Waals surface area contributed by atoms with Crippen LogP contribution in [0.3, 0.4) is 0 Å². The molecule has 0 bridgehead atoms. The molecule has 160 valence electrons. The van der Waals surface area contributed by atoms with Gasteiger partial charge in [-0.15, -0.1) is 0 Å². The van der Waals surface area contributed by atoms with Gasteiger partial charge >= 0.3 is 5.97 Å². The number of thioether (sulfide) groups is 1. The summed E-state index contributed by atoms with van der Waals surface area (Å²) >= 11 is 1.32. The Labute approximate surface area is 190 Å². The van der Waals surface area contributed by atoms with Gasteiger partial charge in [0, 0.05) is 6.42 Å². The van der Waals surface area contributed by atoms with E-state index in [4.69, 9.17) is 5.11 Å². The van der Waals surface area contributed by atoms with Crippen LogP contribution in [0.4, 0.5) is 5.69 Å². The Balaban J connectivity index is 1.41. The largest absolute Gasteiger partial charge is 0.481 e. The Kier molecular flexibility index (Phi) is 6.82. The van der Waals surface area contributed by atoms with Gasteiger partial charge in [-0.1, -0.05) is 66.7 Å². The zero-order valence-corrected chi connectivity index (χ0v) is 18.1. The van der Waals surface area contributed by atoms with Crippen LogP contribution >= 0.6 is 11.8 Å². The van der Waals surface area contributed by atoms with Gasteiger partial charge in [-0.3, -0.25) is 9.59 Å². The smallest absolute Gasteiger partial charge is 0.303 e. The van der Waals surface area contributed by atoms with Crippen molar-refractivity contribution in [2.75, 3.05) is 0 Å². The summed E-state index contributed by atoms with van der Waals surface area (Å²) < 4.78 is 0. The predicted octanol–water partition coefficient (Wildman–Crippen LogP) is 5.65. The highest BCUT2D eigenvalue weighted by Gasteiger charge is 2.23. The van der Waals surface area contributed by atoms with E-state index in [0.717, 1.165) is 27.9 Å². The summed E-state index contributed by atoms with van der Waals surface area (Å²) in [5.41, 5.74) is 5.04. The van der Waals surface area contributed by atoms with Gasteiger partial charge < -0.3 is 10.4 Å². The molecule has 1 fully saturated rings. The molecule has 0 unspecified atom stereocenters. The van der Waals surface area contributed by atoms with Gasteiger partial charge in [0.05, 0.1) is 10.6 Å². The molecular formula is C26H22N2O3S. The van der Waals surface area contributed by atoms with Crippen molar-refractivity contribution in [1.29, 1.82) is 0 Å². The lowest BCUT2D eigenvalue weighted by atomic mass is 10.0. The van der Waals surface area contributed by atoms with Crippen LogP contribution in [0, 0.1) is 0 Å². The van der Waals surface area contributed by atoms with Gasteiger partial charge in [-0.2, -0.15) is 0 Å². The molecule has 1 aliphatic heterocycles. The quantitative estimate of drug-likeness (QED) is 0.463. The van der Waals surface area contributed by atoms with Crippen molar-refractivity contribution >= 4 is 40.6 Å². The standard InChI is InChI=1S/C26H22N2O3S/c29-24(30)8-4-5-18-11-15-22(16-12-18)27-26-28-25(31)23(32-26)17-19-9-13-21(14-10-19)20-6-2-1-3-7-20/h1-3,6-7,9-17H,4-5,8H2,(H,29,30)(H,27,28,31). The summed E-state index contributed by atoms with van der Waals surface area (Å²) in [6.07, 6.45) is 3.35. The Hall–Kier alpha value is -3.64. The molecule has 0 aromatic heterocycles. The van der Waals surface area contributed by atoms with Crippen LogP contribution < -0.4 is 5.32 Å². The average molecular weight is 443 g/mol. The summed E-state index contributed by atoms with van der Waals surface area (Å²) in [5.74, 6) is -0.941. The number of aliphatic carboxylic acids is 1. The number of amidine groups is 1. The number of rotatable bonds is 7. The van der Waals surface area contributed by atoms with Gasteiger partial charge in [0.2, 0.25) is 0 Å². The zero-order valence-electron chi connectivity index (χ0n) is 17.3. The normalized spacial score (nSPS) is 15.8. The topological polar surface area (TPSA) is 78.8 Å². The minimum atomic E-state index is -0.780. The van der Waals surface area contributed by atoms with Crippen molar-refractivity contribution in [1.82, 2.24) is 5.32 Å². The van der Waals surface area contributed by atoms with E-state index < -0.39 is 5.97 Å². The average Bonchev–Trinajstić information content (AvgIpc) is 3.14. The van der Waals surface area contributed by atoms with E-state index >= 15 is 0 Å². The fourth-order valence-electron chi connectivity index (χ4n) is 3.33. The number of benzene rings is 3. The molecule has 0 saturated carbocycles. The molecule has 0 spiro atoms. The number of hydrogen-bond donors (Lipinski definition) is 2. The van der Waals surface area contributed by atoms with Crippen molar-refractivity contribution in [3.63, 3.8) is 0 Å². The number of carbonyl (C=O) groups excluding carboxylic acids is 1. The number of aliphatic imine (C=N–C) groups is 1. The maximum Gasteiger partial charge on any atom is 0.303 e. The molecule has 2 N–H and O–H groups in total. The second-order valence-electron chi connectivity index (χ2n) is 7.38. The molecule has 1 saturated heterocycles. The van der Waals surface area contributed by atoms with Gasteiger partial charge in [0.25, 0.3) is 5.91 Å². The summed E-state index contributed by atoms with van der Waals surface area (Å²) in [4.78, 5) is 28.1. The van der Waals surface area contributed by atoms with E-state index in [2.05, 4.69) is 22.4 Å². The van der Waals surface area contributed by atoms with E-state index in [-0.39, 0.29) is 12.3 Å². The summed E-state index contributed by atoms with van der Waals surface area (Å²) in [6.45, 7) is 0. The number of nitrogens with zero attached hydrogens (tertiary/aromatic N) is 1. The molecule has 3 aromatic rings. The number of carboxylic acids is 1. The van der Waals surface area contributed by atoms with Crippen LogP contribution in [0.2, 0.25) is 0 Å². The monoisotopic (exact) mass is 442 g/mol. The van der Waals surface area contributed by atoms with Crippen LogP contribution in [0.15, 0.2) is 88.8 Å². The molecule has 4 rings (SSSR count). The van der Waals surface area contributed by atoms with Gasteiger partial charge in [-0.05, 0) is 65.1 Å². The summed E-state index contributed by atoms with van der Waals surface area (Å²) in [5, 5.41) is 12.1. The maximum atomic E-state index is 12.4. The van der Waals surface area contributed by atoms with E-state index in [1.165, 1.54) is 11.8 Å². The van der Waals surface area contributed by atoms with Crippen molar-refractivity contribution in [3.8, 4) is 11.1 Å². The third-order valence-electron chi connectivity index (χ3n) is 4.99. The number of carboxylic acid groups (broad SMARTS) is 1. The first-order chi connectivity index (χ1) is 15.6. The van der Waals surface area contributed by atoms with Crippen LogP contribution in [0.5, 0.6) is 0 Å². The van der Waals surface area contributed by atoms with Crippen LogP contribution in [0.1, 0.15) is 24.0 Å². The number of nitrogens with one attached hydrogen (secondary N) is 1. The first-order valence-electron chi connectivity index (χ1n) is 10.3. The lowest BCUT2D eigenvalue weighted by Crippen LogP contribution is -2.19. The minimum Gasteiger partial charge on any atom is -0.481 e. The maximum absolute atomic E-state index is 12.4. The minimum absolute atomic E-state index is 0.161. The SMILES string of the molecule is O=C(O)CCCc1ccc(N=C2NC(=O)C(=Cc3ccc(-c4ccccc4)cc3)S2)cc1. The molecule has 0 radical (unpaired) electrons. The highest BCUT2D eigenvalue weighted by atomic mass is 32.2. The number of amides is 1. The Morgan fingerprint density at radius 3 is 2.31 bits per heavy atom. The third-order valence-corrected chi connectivity index (χ3v) is 5.90. The number of aryl methyl sites for hydroxylation is 1. The molecule has 0 atom stereocenters. The fraction of sp³-hybridized carbons (Fsp3) is 0.115. The Bertz CT molecular complexity index is 1170. The molecule has 1 heterocycles. The second-order valence-corrected chi connectivity index (χ2v) is 8.41. The van der Waals surface area contributed by atoms with Crippen molar-refractivity contribution in [2.45, 2.75) is 19.3 Å². The van der Waals surface area contributed by atoms with Gasteiger partial charge in [0.1, 0.15) is 0 Å². The Morgan fingerprint density at radius 1 is 0.938 bits per heavy atom. The predicted molar refractivity (Wildman–Crippen MR) is 130 cm³/mol. The molecule has 32 heavy (non-hydrogen) atoms. The molecule has 6 heteroatoms. The van der Waals surface area contributed by atoms with E-state index in [1.807, 2.05) is 72.8 Å². The van der Waals surface area contributed by atoms with Crippen LogP contribution in [-0.4, -0.2) is 22.2 Å². The van der Waals surface area contributed by atoms with Crippen molar-refractivity contribution in [2.24, 2.45) is 4.99 Å². The van der Waals surface area contributed by atoms with E-state index in [1.54, 1.807) is 0 Å². The lowest BCUT2D eigenvalue weighted by molar-refractivity contribution is -0.137.